The van der Waals surface area contributed by atoms with Gasteiger partial charge in [0.1, 0.15) is 5.75 Å². The van der Waals surface area contributed by atoms with Gasteiger partial charge in [-0.3, -0.25) is 10.2 Å². The van der Waals surface area contributed by atoms with Crippen molar-refractivity contribution < 1.29 is 9.53 Å². The molecule has 0 radical (unpaired) electrons. The highest BCUT2D eigenvalue weighted by Gasteiger charge is 2.05. The fourth-order valence-corrected chi connectivity index (χ4v) is 1.35. The van der Waals surface area contributed by atoms with Crippen molar-refractivity contribution in [2.24, 2.45) is 5.84 Å². The maximum atomic E-state index is 10.9. The Morgan fingerprint density at radius 2 is 2.38 bits per heavy atom. The SMILES string of the molecule is C=CCc1cc(C)ccc1OCC(=O)NN. The summed E-state index contributed by atoms with van der Waals surface area (Å²) in [7, 11) is 0. The Bertz CT molecular complexity index is 389. The van der Waals surface area contributed by atoms with Crippen LogP contribution >= 0.6 is 0 Å². The van der Waals surface area contributed by atoms with E-state index in [0.717, 1.165) is 11.1 Å². The second kappa shape index (κ2) is 5.92. The molecular weight excluding hydrogens is 204 g/mol. The number of hydrogen-bond acceptors (Lipinski definition) is 3. The van der Waals surface area contributed by atoms with Crippen molar-refractivity contribution in [2.75, 3.05) is 6.61 Å². The molecule has 0 aliphatic heterocycles. The largest absolute Gasteiger partial charge is 0.483 e. The molecule has 0 unspecified atom stereocenters. The minimum Gasteiger partial charge on any atom is -0.483 e. The smallest absolute Gasteiger partial charge is 0.271 e. The number of benzene rings is 1. The third-order valence-electron chi connectivity index (χ3n) is 2.10. The first-order chi connectivity index (χ1) is 7.67. The summed E-state index contributed by atoms with van der Waals surface area (Å²) < 4.78 is 5.36. The van der Waals surface area contributed by atoms with Crippen molar-refractivity contribution in [3.63, 3.8) is 0 Å². The molecule has 1 aromatic carbocycles. The Balaban J connectivity index is 2.77. The Labute approximate surface area is 95.1 Å². The second-order valence-electron chi connectivity index (χ2n) is 3.46. The Kier molecular flexibility index (Phi) is 4.54. The van der Waals surface area contributed by atoms with Crippen LogP contribution in [0.3, 0.4) is 0 Å². The molecule has 0 heterocycles. The van der Waals surface area contributed by atoms with E-state index >= 15 is 0 Å². The molecule has 1 amide bonds. The average Bonchev–Trinajstić information content (AvgIpc) is 2.28. The molecule has 86 valence electrons. The Morgan fingerprint density at radius 1 is 1.62 bits per heavy atom. The lowest BCUT2D eigenvalue weighted by molar-refractivity contribution is -0.123. The van der Waals surface area contributed by atoms with Gasteiger partial charge in [0.15, 0.2) is 6.61 Å². The van der Waals surface area contributed by atoms with E-state index in [-0.39, 0.29) is 12.5 Å². The highest BCUT2D eigenvalue weighted by atomic mass is 16.5. The van der Waals surface area contributed by atoms with Crippen LogP contribution in [0.4, 0.5) is 0 Å². The summed E-state index contributed by atoms with van der Waals surface area (Å²) in [5.74, 6) is 5.29. The van der Waals surface area contributed by atoms with Crippen LogP contribution in [0.1, 0.15) is 11.1 Å². The Hall–Kier alpha value is -1.81. The minimum atomic E-state index is -0.356. The van der Waals surface area contributed by atoms with Gasteiger partial charge in [-0.2, -0.15) is 0 Å². The molecule has 4 heteroatoms. The molecule has 0 aliphatic rings. The summed E-state index contributed by atoms with van der Waals surface area (Å²) in [6, 6.07) is 5.79. The highest BCUT2D eigenvalue weighted by molar-refractivity contribution is 5.76. The molecule has 0 aromatic heterocycles. The Morgan fingerprint density at radius 3 is 3.00 bits per heavy atom. The van der Waals surface area contributed by atoms with E-state index in [1.807, 2.05) is 30.5 Å². The van der Waals surface area contributed by atoms with Gasteiger partial charge in [-0.05, 0) is 25.0 Å². The van der Waals surface area contributed by atoms with Crippen molar-refractivity contribution in [3.05, 3.63) is 42.0 Å². The minimum absolute atomic E-state index is 0.0797. The van der Waals surface area contributed by atoms with Crippen LogP contribution in [0.25, 0.3) is 0 Å². The van der Waals surface area contributed by atoms with E-state index in [4.69, 9.17) is 10.6 Å². The fraction of sp³-hybridized carbons (Fsp3) is 0.250. The molecule has 0 saturated heterocycles. The zero-order valence-electron chi connectivity index (χ0n) is 9.32. The molecule has 0 fully saturated rings. The number of nitrogens with one attached hydrogen (secondary N) is 1. The van der Waals surface area contributed by atoms with E-state index < -0.39 is 0 Å². The van der Waals surface area contributed by atoms with Crippen molar-refractivity contribution in [3.8, 4) is 5.75 Å². The van der Waals surface area contributed by atoms with Crippen molar-refractivity contribution in [2.45, 2.75) is 13.3 Å². The van der Waals surface area contributed by atoms with Gasteiger partial charge in [-0.15, -0.1) is 6.58 Å². The number of hydrogen-bond donors (Lipinski definition) is 2. The third kappa shape index (κ3) is 3.40. The quantitative estimate of drug-likeness (QED) is 0.338. The number of amides is 1. The molecule has 16 heavy (non-hydrogen) atoms. The monoisotopic (exact) mass is 220 g/mol. The normalized spacial score (nSPS) is 9.62. The lowest BCUT2D eigenvalue weighted by Gasteiger charge is -2.10. The molecule has 0 aliphatic carbocycles. The summed E-state index contributed by atoms with van der Waals surface area (Å²) in [5.41, 5.74) is 4.17. The molecule has 0 spiro atoms. The van der Waals surface area contributed by atoms with Gasteiger partial charge in [0.25, 0.3) is 5.91 Å². The number of carbonyl (C=O) groups is 1. The van der Waals surface area contributed by atoms with E-state index in [0.29, 0.717) is 12.2 Å². The predicted molar refractivity (Wildman–Crippen MR) is 62.9 cm³/mol. The molecule has 1 rings (SSSR count). The average molecular weight is 220 g/mol. The molecule has 3 N–H and O–H groups in total. The van der Waals surface area contributed by atoms with Gasteiger partial charge >= 0.3 is 0 Å². The van der Waals surface area contributed by atoms with E-state index in [1.54, 1.807) is 6.08 Å². The predicted octanol–water partition coefficient (Wildman–Crippen LogP) is 1.09. The van der Waals surface area contributed by atoms with E-state index in [1.165, 1.54) is 0 Å². The summed E-state index contributed by atoms with van der Waals surface area (Å²) in [6.07, 6.45) is 2.51. The van der Waals surface area contributed by atoms with Gasteiger partial charge in [0.2, 0.25) is 0 Å². The van der Waals surface area contributed by atoms with Gasteiger partial charge in [-0.1, -0.05) is 23.8 Å². The fourth-order valence-electron chi connectivity index (χ4n) is 1.35. The van der Waals surface area contributed by atoms with Crippen LogP contribution in [-0.4, -0.2) is 12.5 Å². The van der Waals surface area contributed by atoms with Crippen LogP contribution < -0.4 is 16.0 Å². The van der Waals surface area contributed by atoms with Crippen LogP contribution in [-0.2, 0) is 11.2 Å². The van der Waals surface area contributed by atoms with Gasteiger partial charge < -0.3 is 4.74 Å². The van der Waals surface area contributed by atoms with Gasteiger partial charge in [0.05, 0.1) is 0 Å². The second-order valence-corrected chi connectivity index (χ2v) is 3.46. The number of allylic oxidation sites excluding steroid dienone is 1. The first-order valence-corrected chi connectivity index (χ1v) is 5.00. The van der Waals surface area contributed by atoms with Gasteiger partial charge in [-0.25, -0.2) is 5.84 Å². The van der Waals surface area contributed by atoms with Crippen LogP contribution in [0.2, 0.25) is 0 Å². The number of nitrogens with two attached hydrogens (primary N) is 1. The molecule has 0 atom stereocenters. The van der Waals surface area contributed by atoms with Crippen molar-refractivity contribution in [1.82, 2.24) is 5.43 Å². The number of hydrazine groups is 1. The van der Waals surface area contributed by atoms with Crippen LogP contribution in [0, 0.1) is 6.92 Å². The lowest BCUT2D eigenvalue weighted by atomic mass is 10.1. The molecule has 1 aromatic rings. The summed E-state index contributed by atoms with van der Waals surface area (Å²) in [4.78, 5) is 10.9. The molecular formula is C12H16N2O2. The third-order valence-corrected chi connectivity index (χ3v) is 2.10. The maximum Gasteiger partial charge on any atom is 0.271 e. The van der Waals surface area contributed by atoms with Crippen LogP contribution in [0.15, 0.2) is 30.9 Å². The van der Waals surface area contributed by atoms with Crippen molar-refractivity contribution in [1.29, 1.82) is 0 Å². The first-order valence-electron chi connectivity index (χ1n) is 5.00. The molecule has 0 saturated carbocycles. The van der Waals surface area contributed by atoms with Crippen molar-refractivity contribution >= 4 is 5.91 Å². The molecule has 0 bridgehead atoms. The lowest BCUT2D eigenvalue weighted by Crippen LogP contribution is -2.34. The number of rotatable bonds is 5. The maximum absolute atomic E-state index is 10.9. The zero-order valence-corrected chi connectivity index (χ0v) is 9.32. The molecule has 4 nitrogen and oxygen atoms in total. The van der Waals surface area contributed by atoms with Crippen LogP contribution in [0.5, 0.6) is 5.75 Å². The highest BCUT2D eigenvalue weighted by Crippen LogP contribution is 2.20. The first kappa shape index (κ1) is 12.3. The van der Waals surface area contributed by atoms with E-state index in [2.05, 4.69) is 6.58 Å². The standard InChI is InChI=1S/C12H16N2O2/c1-3-4-10-7-9(2)5-6-11(10)16-8-12(15)14-13/h3,5-7H,1,4,8,13H2,2H3,(H,14,15). The van der Waals surface area contributed by atoms with E-state index in [9.17, 15) is 4.79 Å². The summed E-state index contributed by atoms with van der Waals surface area (Å²) in [5, 5.41) is 0. The zero-order chi connectivity index (χ0) is 12.0. The van der Waals surface area contributed by atoms with Gasteiger partial charge in [0, 0.05) is 0 Å². The summed E-state index contributed by atoms with van der Waals surface area (Å²) in [6.45, 7) is 5.61. The number of aryl methyl sites for hydroxylation is 1. The topological polar surface area (TPSA) is 64.3 Å². The number of carbonyl (C=O) groups excluding carboxylic acids is 1. The summed E-state index contributed by atoms with van der Waals surface area (Å²) >= 11 is 0. The number of ether oxygens (including phenoxy) is 1.